The molecule has 0 bridgehead atoms. The fourth-order valence-corrected chi connectivity index (χ4v) is 2.28. The minimum absolute atomic E-state index is 0.140. The maximum Gasteiger partial charge on any atom is 0.127 e. The van der Waals surface area contributed by atoms with Crippen molar-refractivity contribution in [1.29, 1.82) is 0 Å². The van der Waals surface area contributed by atoms with Gasteiger partial charge in [0.15, 0.2) is 0 Å². The quantitative estimate of drug-likeness (QED) is 0.848. The highest BCUT2D eigenvalue weighted by molar-refractivity contribution is 6.31. The second-order valence-corrected chi connectivity index (χ2v) is 5.24. The summed E-state index contributed by atoms with van der Waals surface area (Å²) in [5.41, 5.74) is 1.04. The predicted molar refractivity (Wildman–Crippen MR) is 82.3 cm³/mol. The van der Waals surface area contributed by atoms with Crippen LogP contribution in [0, 0.1) is 5.82 Å². The van der Waals surface area contributed by atoms with Crippen molar-refractivity contribution in [2.45, 2.75) is 25.9 Å². The van der Waals surface area contributed by atoms with Crippen LogP contribution < -0.4 is 4.74 Å². The lowest BCUT2D eigenvalue weighted by molar-refractivity contribution is 0.177. The molecule has 4 heteroatoms. The highest BCUT2D eigenvalue weighted by Crippen LogP contribution is 2.26. The standard InChI is InChI=1S/C17H18ClFO2/c1-2-10-21-13-8-6-12(7-9-13)17(20)11-14-15(18)4-3-5-16(14)19/h3-9,17,20H,2,10-11H2,1H3. The van der Waals surface area contributed by atoms with E-state index in [2.05, 4.69) is 0 Å². The maximum absolute atomic E-state index is 13.7. The molecule has 2 nitrogen and oxygen atoms in total. The van der Waals surface area contributed by atoms with E-state index in [1.54, 1.807) is 36.4 Å². The third-order valence-corrected chi connectivity index (χ3v) is 3.55. The van der Waals surface area contributed by atoms with E-state index in [0.29, 0.717) is 22.8 Å². The molecule has 1 N–H and O–H groups in total. The van der Waals surface area contributed by atoms with Gasteiger partial charge in [-0.2, -0.15) is 0 Å². The second kappa shape index (κ2) is 7.43. The smallest absolute Gasteiger partial charge is 0.127 e. The lowest BCUT2D eigenvalue weighted by Crippen LogP contribution is -2.04. The van der Waals surface area contributed by atoms with Gasteiger partial charge in [-0.25, -0.2) is 4.39 Å². The van der Waals surface area contributed by atoms with Crippen molar-refractivity contribution in [1.82, 2.24) is 0 Å². The summed E-state index contributed by atoms with van der Waals surface area (Å²) in [7, 11) is 0. The number of halogens is 2. The first-order chi connectivity index (χ1) is 10.1. The molecule has 2 rings (SSSR count). The molecule has 0 amide bonds. The van der Waals surface area contributed by atoms with Crippen LogP contribution in [0.5, 0.6) is 5.75 Å². The van der Waals surface area contributed by atoms with Crippen molar-refractivity contribution >= 4 is 11.6 Å². The van der Waals surface area contributed by atoms with Gasteiger partial charge in [0.25, 0.3) is 0 Å². The van der Waals surface area contributed by atoms with E-state index in [1.807, 2.05) is 6.92 Å². The number of rotatable bonds is 6. The average molecular weight is 309 g/mol. The summed E-state index contributed by atoms with van der Waals surface area (Å²) in [6, 6.07) is 11.7. The molecule has 112 valence electrons. The molecule has 2 aromatic rings. The Morgan fingerprint density at radius 3 is 2.52 bits per heavy atom. The molecule has 1 unspecified atom stereocenters. The Morgan fingerprint density at radius 1 is 1.19 bits per heavy atom. The van der Waals surface area contributed by atoms with E-state index in [1.165, 1.54) is 6.07 Å². The van der Waals surface area contributed by atoms with Gasteiger partial charge in [-0.1, -0.05) is 36.7 Å². The Morgan fingerprint density at radius 2 is 1.90 bits per heavy atom. The average Bonchev–Trinajstić information content (AvgIpc) is 2.49. The molecule has 1 atom stereocenters. The van der Waals surface area contributed by atoms with Crippen LogP contribution in [0.3, 0.4) is 0 Å². The van der Waals surface area contributed by atoms with Crippen LogP contribution in [-0.2, 0) is 6.42 Å². The van der Waals surface area contributed by atoms with Crippen molar-refractivity contribution in [3.05, 3.63) is 64.4 Å². The molecule has 2 aromatic carbocycles. The zero-order chi connectivity index (χ0) is 15.2. The number of hydrogen-bond donors (Lipinski definition) is 1. The summed E-state index contributed by atoms with van der Waals surface area (Å²) in [4.78, 5) is 0. The molecule has 0 aliphatic rings. The molecular weight excluding hydrogens is 291 g/mol. The summed E-state index contributed by atoms with van der Waals surface area (Å²) in [5, 5.41) is 10.6. The SMILES string of the molecule is CCCOc1ccc(C(O)Cc2c(F)cccc2Cl)cc1. The predicted octanol–water partition coefficient (Wildman–Crippen LogP) is 4.54. The molecule has 0 spiro atoms. The monoisotopic (exact) mass is 308 g/mol. The maximum atomic E-state index is 13.7. The van der Waals surface area contributed by atoms with Gasteiger partial charge in [0.05, 0.1) is 12.7 Å². The molecule has 21 heavy (non-hydrogen) atoms. The molecule has 0 saturated heterocycles. The third-order valence-electron chi connectivity index (χ3n) is 3.20. The van der Waals surface area contributed by atoms with Crippen LogP contribution in [0.4, 0.5) is 4.39 Å². The summed E-state index contributed by atoms with van der Waals surface area (Å²) in [6.07, 6.45) is 0.274. The van der Waals surface area contributed by atoms with Gasteiger partial charge in [-0.15, -0.1) is 0 Å². The minimum atomic E-state index is -0.806. The summed E-state index contributed by atoms with van der Waals surface area (Å²) < 4.78 is 19.2. The van der Waals surface area contributed by atoms with E-state index in [-0.39, 0.29) is 6.42 Å². The molecule has 0 radical (unpaired) electrons. The molecular formula is C17H18ClFO2. The van der Waals surface area contributed by atoms with E-state index in [0.717, 1.165) is 12.2 Å². The van der Waals surface area contributed by atoms with Crippen molar-refractivity contribution in [3.63, 3.8) is 0 Å². The zero-order valence-corrected chi connectivity index (χ0v) is 12.6. The Labute approximate surface area is 129 Å². The van der Waals surface area contributed by atoms with Crippen LogP contribution in [0.15, 0.2) is 42.5 Å². The molecule has 0 fully saturated rings. The summed E-state index contributed by atoms with van der Waals surface area (Å²) in [6.45, 7) is 2.70. The fraction of sp³-hybridized carbons (Fsp3) is 0.294. The lowest BCUT2D eigenvalue weighted by atomic mass is 10.0. The Balaban J connectivity index is 2.08. The number of benzene rings is 2. The molecule has 0 aliphatic carbocycles. The first-order valence-electron chi connectivity index (χ1n) is 6.95. The van der Waals surface area contributed by atoms with Crippen LogP contribution in [-0.4, -0.2) is 11.7 Å². The van der Waals surface area contributed by atoms with Gasteiger partial charge in [0.2, 0.25) is 0 Å². The molecule has 0 saturated carbocycles. The lowest BCUT2D eigenvalue weighted by Gasteiger charge is -2.13. The van der Waals surface area contributed by atoms with E-state index in [4.69, 9.17) is 16.3 Å². The molecule has 0 aliphatic heterocycles. The van der Waals surface area contributed by atoms with E-state index >= 15 is 0 Å². The number of ether oxygens (including phenoxy) is 1. The highest BCUT2D eigenvalue weighted by Gasteiger charge is 2.14. The normalized spacial score (nSPS) is 12.2. The summed E-state index contributed by atoms with van der Waals surface area (Å²) >= 11 is 5.97. The van der Waals surface area contributed by atoms with Crippen LogP contribution >= 0.6 is 11.6 Å². The molecule has 0 heterocycles. The van der Waals surface area contributed by atoms with Gasteiger partial charge < -0.3 is 9.84 Å². The second-order valence-electron chi connectivity index (χ2n) is 4.84. The van der Waals surface area contributed by atoms with Crippen LogP contribution in [0.1, 0.15) is 30.6 Å². The number of aliphatic hydroxyl groups is 1. The van der Waals surface area contributed by atoms with E-state index < -0.39 is 11.9 Å². The van der Waals surface area contributed by atoms with Crippen molar-refractivity contribution in [2.75, 3.05) is 6.61 Å². The number of aliphatic hydroxyl groups excluding tert-OH is 1. The van der Waals surface area contributed by atoms with Crippen LogP contribution in [0.25, 0.3) is 0 Å². The van der Waals surface area contributed by atoms with Gasteiger partial charge in [-0.3, -0.25) is 0 Å². The van der Waals surface area contributed by atoms with Crippen molar-refractivity contribution < 1.29 is 14.2 Å². The van der Waals surface area contributed by atoms with E-state index in [9.17, 15) is 9.50 Å². The zero-order valence-electron chi connectivity index (χ0n) is 11.9. The van der Waals surface area contributed by atoms with Gasteiger partial charge in [0.1, 0.15) is 11.6 Å². The fourth-order valence-electron chi connectivity index (χ4n) is 2.04. The first kappa shape index (κ1) is 15.8. The Kier molecular flexibility index (Phi) is 5.59. The Hall–Kier alpha value is -1.58. The topological polar surface area (TPSA) is 29.5 Å². The summed E-state index contributed by atoms with van der Waals surface area (Å²) in [5.74, 6) is 0.362. The van der Waals surface area contributed by atoms with Gasteiger partial charge in [-0.05, 0) is 36.2 Å². The molecule has 0 aromatic heterocycles. The van der Waals surface area contributed by atoms with Gasteiger partial charge in [0, 0.05) is 17.0 Å². The number of hydrogen-bond acceptors (Lipinski definition) is 2. The van der Waals surface area contributed by atoms with Crippen molar-refractivity contribution in [3.8, 4) is 5.75 Å². The minimum Gasteiger partial charge on any atom is -0.494 e. The Bertz CT molecular complexity index is 564. The third kappa shape index (κ3) is 4.19. The van der Waals surface area contributed by atoms with Crippen LogP contribution in [0.2, 0.25) is 5.02 Å². The first-order valence-corrected chi connectivity index (χ1v) is 7.33. The van der Waals surface area contributed by atoms with Gasteiger partial charge >= 0.3 is 0 Å². The van der Waals surface area contributed by atoms with Crippen molar-refractivity contribution in [2.24, 2.45) is 0 Å². The highest BCUT2D eigenvalue weighted by atomic mass is 35.5. The largest absolute Gasteiger partial charge is 0.494 e.